The summed E-state index contributed by atoms with van der Waals surface area (Å²) in [4.78, 5) is 43.4. The fraction of sp³-hybridized carbons (Fsp3) is 0.278. The lowest BCUT2D eigenvalue weighted by atomic mass is 9.97. The van der Waals surface area contributed by atoms with Gasteiger partial charge in [0.15, 0.2) is 0 Å². The second-order valence-electron chi connectivity index (χ2n) is 12.4. The maximum absolute atomic E-state index is 13.9. The number of likely N-dealkylation sites (tertiary alicyclic amines) is 2. The number of carbonyl (C=O) groups excluding carboxylic acids is 2. The van der Waals surface area contributed by atoms with E-state index >= 15 is 0 Å². The highest BCUT2D eigenvalue weighted by atomic mass is 19.1. The summed E-state index contributed by atoms with van der Waals surface area (Å²) in [7, 11) is 0. The second-order valence-corrected chi connectivity index (χ2v) is 12.4. The van der Waals surface area contributed by atoms with Gasteiger partial charge in [0.1, 0.15) is 17.5 Å². The van der Waals surface area contributed by atoms with Crippen molar-refractivity contribution < 1.29 is 31.8 Å². The molecule has 8 rings (SSSR count). The summed E-state index contributed by atoms with van der Waals surface area (Å²) in [6.45, 7) is 2.04. The van der Waals surface area contributed by atoms with E-state index in [0.717, 1.165) is 49.2 Å². The van der Waals surface area contributed by atoms with E-state index in [9.17, 15) is 22.8 Å². The van der Waals surface area contributed by atoms with Crippen LogP contribution in [0.15, 0.2) is 88.2 Å². The van der Waals surface area contributed by atoms with Gasteiger partial charge >= 0.3 is 0 Å². The molecule has 0 aliphatic carbocycles. The number of H-pyrrole nitrogens is 2. The molecule has 0 bridgehead atoms. The van der Waals surface area contributed by atoms with Crippen LogP contribution in [0.3, 0.4) is 0 Å². The molecule has 0 unspecified atom stereocenters. The zero-order valence-corrected chi connectivity index (χ0v) is 27.3. The van der Waals surface area contributed by atoms with Gasteiger partial charge in [-0.2, -0.15) is 9.97 Å². The van der Waals surface area contributed by atoms with Crippen LogP contribution in [0.25, 0.3) is 23.0 Å². The van der Waals surface area contributed by atoms with E-state index in [1.54, 1.807) is 22.2 Å². The zero-order valence-electron chi connectivity index (χ0n) is 27.3. The monoisotopic (exact) mass is 698 g/mol. The molecule has 2 saturated heterocycles. The largest absolute Gasteiger partial charge is 0.359 e. The van der Waals surface area contributed by atoms with Gasteiger partial charge in [-0.05, 0) is 86.3 Å². The lowest BCUT2D eigenvalue weighted by Gasteiger charge is -2.31. The predicted octanol–water partition coefficient (Wildman–Crippen LogP) is 6.59. The van der Waals surface area contributed by atoms with Gasteiger partial charge in [0.25, 0.3) is 11.8 Å². The molecule has 2 atom stereocenters. The summed E-state index contributed by atoms with van der Waals surface area (Å²) in [5.41, 5.74) is 1.89. The third-order valence-electron chi connectivity index (χ3n) is 8.93. The van der Waals surface area contributed by atoms with Crippen molar-refractivity contribution in [2.75, 3.05) is 26.2 Å². The van der Waals surface area contributed by atoms with Crippen LogP contribution in [-0.4, -0.2) is 78.0 Å². The maximum Gasteiger partial charge on any atom is 0.256 e. The number of halogens is 3. The first-order valence-electron chi connectivity index (χ1n) is 16.6. The van der Waals surface area contributed by atoms with E-state index in [-0.39, 0.29) is 29.1 Å². The van der Waals surface area contributed by atoms with Gasteiger partial charge in [-0.1, -0.05) is 10.3 Å². The molecule has 15 heteroatoms. The Labute approximate surface area is 289 Å². The number of amides is 2. The number of carbonyl (C=O) groups is 2. The molecule has 0 spiro atoms. The molecule has 2 N–H and O–H groups in total. The van der Waals surface area contributed by atoms with Crippen molar-refractivity contribution in [1.29, 1.82) is 0 Å². The average Bonchev–Trinajstić information content (AvgIpc) is 3.99. The van der Waals surface area contributed by atoms with Crippen molar-refractivity contribution in [2.45, 2.75) is 37.5 Å². The number of aromatic nitrogens is 6. The summed E-state index contributed by atoms with van der Waals surface area (Å²) < 4.78 is 50.8. The number of rotatable bonds is 6. The number of nitrogens with one attached hydrogen (secondary N) is 2. The molecule has 2 aliphatic heterocycles. The van der Waals surface area contributed by atoms with Gasteiger partial charge in [0, 0.05) is 50.2 Å². The van der Waals surface area contributed by atoms with Crippen LogP contribution in [0.2, 0.25) is 0 Å². The second kappa shape index (κ2) is 14.9. The predicted molar refractivity (Wildman–Crippen MR) is 177 cm³/mol. The standard InChI is InChI=1S/C18H16F2N4O2.C18H17FN4O2/c19-12-5-6-13(14(20)9-12)18(25)24-8-2-3-11(10-24)17-22-16(23-26-17)15-4-1-7-21-15;19-14-7-5-12(6-8-14)18(24)23-10-2-3-13(11-23)17-21-16(22-25-17)15-4-1-9-20-15/h1,4-7,9,11,21H,2-3,8,10H2;1,4-9,13,20H,2-3,10-11H2/t11-;13-/m00/s1. The summed E-state index contributed by atoms with van der Waals surface area (Å²) in [5, 5.41) is 7.97. The molecule has 2 fully saturated rings. The van der Waals surface area contributed by atoms with Crippen LogP contribution in [0.1, 0.15) is 70.0 Å². The van der Waals surface area contributed by atoms with E-state index in [2.05, 4.69) is 30.2 Å². The molecule has 2 aliphatic rings. The fourth-order valence-corrected chi connectivity index (χ4v) is 6.29. The number of benzene rings is 2. The molecule has 6 aromatic rings. The van der Waals surface area contributed by atoms with Crippen molar-refractivity contribution in [3.63, 3.8) is 0 Å². The van der Waals surface area contributed by atoms with Crippen LogP contribution in [0, 0.1) is 17.5 Å². The molecule has 262 valence electrons. The van der Waals surface area contributed by atoms with Crippen molar-refractivity contribution in [2.24, 2.45) is 0 Å². The van der Waals surface area contributed by atoms with Crippen LogP contribution < -0.4 is 0 Å². The summed E-state index contributed by atoms with van der Waals surface area (Å²) in [6.07, 6.45) is 6.84. The first kappa shape index (κ1) is 33.5. The van der Waals surface area contributed by atoms with Gasteiger partial charge in [-0.15, -0.1) is 0 Å². The van der Waals surface area contributed by atoms with Crippen molar-refractivity contribution in [3.8, 4) is 23.0 Å². The molecule has 12 nitrogen and oxygen atoms in total. The van der Waals surface area contributed by atoms with Crippen molar-refractivity contribution in [3.05, 3.63) is 119 Å². The Balaban J connectivity index is 0.000000159. The van der Waals surface area contributed by atoms with E-state index in [1.165, 1.54) is 30.3 Å². The quantitative estimate of drug-likeness (QED) is 0.198. The smallest absolute Gasteiger partial charge is 0.256 e. The fourth-order valence-electron chi connectivity index (χ4n) is 6.29. The van der Waals surface area contributed by atoms with Crippen LogP contribution >= 0.6 is 0 Å². The van der Waals surface area contributed by atoms with Crippen molar-refractivity contribution >= 4 is 11.8 Å². The SMILES string of the molecule is O=C(c1ccc(F)cc1)N1CCC[C@H](c2nc(-c3ccc[nH]3)no2)C1.O=C(c1ccc(F)cc1F)N1CCC[C@H](c2nc(-c3ccc[nH]3)no2)C1. The maximum atomic E-state index is 13.9. The van der Waals surface area contributed by atoms with Gasteiger partial charge in [0.2, 0.25) is 23.4 Å². The van der Waals surface area contributed by atoms with Crippen LogP contribution in [0.4, 0.5) is 13.2 Å². The van der Waals surface area contributed by atoms with Gasteiger partial charge in [-0.25, -0.2) is 13.2 Å². The molecular weight excluding hydrogens is 665 g/mol. The Kier molecular flexibility index (Phi) is 9.76. The average molecular weight is 699 g/mol. The van der Waals surface area contributed by atoms with E-state index < -0.39 is 17.5 Å². The topological polar surface area (TPSA) is 150 Å². The highest BCUT2D eigenvalue weighted by molar-refractivity contribution is 5.95. The first-order valence-corrected chi connectivity index (χ1v) is 16.6. The van der Waals surface area contributed by atoms with Crippen LogP contribution in [0.5, 0.6) is 0 Å². The number of aromatic amines is 2. The highest BCUT2D eigenvalue weighted by Gasteiger charge is 2.31. The Morgan fingerprint density at radius 3 is 1.73 bits per heavy atom. The lowest BCUT2D eigenvalue weighted by Crippen LogP contribution is -2.39. The van der Waals surface area contributed by atoms with Gasteiger partial charge < -0.3 is 28.8 Å². The molecule has 2 amide bonds. The Hall–Kier alpha value is -5.99. The Morgan fingerprint density at radius 2 is 1.22 bits per heavy atom. The molecule has 2 aromatic carbocycles. The molecular formula is C36H33F3N8O4. The third kappa shape index (κ3) is 7.61. The molecule has 6 heterocycles. The first-order chi connectivity index (χ1) is 24.8. The number of nitrogens with zero attached hydrogens (tertiary/aromatic N) is 6. The minimum Gasteiger partial charge on any atom is -0.359 e. The van der Waals surface area contributed by atoms with E-state index in [0.29, 0.717) is 55.2 Å². The number of piperidine rings is 2. The minimum atomic E-state index is -0.857. The number of hydrogen-bond donors (Lipinski definition) is 2. The summed E-state index contributed by atoms with van der Waals surface area (Å²) in [5.74, 6) is -0.627. The molecule has 4 aromatic heterocycles. The van der Waals surface area contributed by atoms with Crippen LogP contribution in [-0.2, 0) is 0 Å². The van der Waals surface area contributed by atoms with Crippen molar-refractivity contribution in [1.82, 2.24) is 40.0 Å². The lowest BCUT2D eigenvalue weighted by molar-refractivity contribution is 0.0685. The molecule has 0 saturated carbocycles. The van der Waals surface area contributed by atoms with E-state index in [1.807, 2.05) is 24.3 Å². The third-order valence-corrected chi connectivity index (χ3v) is 8.93. The molecule has 0 radical (unpaired) electrons. The minimum absolute atomic E-state index is 0.00867. The molecule has 51 heavy (non-hydrogen) atoms. The Bertz CT molecular complexity index is 2080. The van der Waals surface area contributed by atoms with Gasteiger partial charge in [-0.3, -0.25) is 9.59 Å². The van der Waals surface area contributed by atoms with E-state index in [4.69, 9.17) is 9.05 Å². The normalized spacial score (nSPS) is 17.5. The Morgan fingerprint density at radius 1 is 0.686 bits per heavy atom. The summed E-state index contributed by atoms with van der Waals surface area (Å²) >= 11 is 0. The zero-order chi connectivity index (χ0) is 35.3. The van der Waals surface area contributed by atoms with Gasteiger partial charge in [0.05, 0.1) is 28.8 Å². The highest BCUT2D eigenvalue weighted by Crippen LogP contribution is 2.30. The summed E-state index contributed by atoms with van der Waals surface area (Å²) in [6, 6.07) is 16.0. The number of hydrogen-bond acceptors (Lipinski definition) is 8.